The number of aryl methyl sites for hydroxylation is 1. The molecule has 0 radical (unpaired) electrons. The SMILES string of the molecule is CCCN(Cc1ccc(F)cc1)Cc1cc(=O)n2ccc(C)cc2n1. The van der Waals surface area contributed by atoms with Gasteiger partial charge in [-0.15, -0.1) is 0 Å². The molecule has 130 valence electrons. The molecule has 3 rings (SSSR count). The minimum atomic E-state index is -0.231. The van der Waals surface area contributed by atoms with Crippen molar-refractivity contribution in [3.8, 4) is 0 Å². The van der Waals surface area contributed by atoms with Gasteiger partial charge in [0.05, 0.1) is 5.69 Å². The van der Waals surface area contributed by atoms with E-state index in [0.29, 0.717) is 18.7 Å². The van der Waals surface area contributed by atoms with Crippen molar-refractivity contribution in [1.82, 2.24) is 14.3 Å². The maximum Gasteiger partial charge on any atom is 0.258 e. The average molecular weight is 339 g/mol. The van der Waals surface area contributed by atoms with E-state index in [0.717, 1.165) is 29.8 Å². The molecular weight excluding hydrogens is 317 g/mol. The number of fused-ring (bicyclic) bond motifs is 1. The molecule has 0 bridgehead atoms. The summed E-state index contributed by atoms with van der Waals surface area (Å²) >= 11 is 0. The Labute approximate surface area is 146 Å². The molecule has 0 aliphatic rings. The molecule has 4 nitrogen and oxygen atoms in total. The molecule has 1 aromatic carbocycles. The first-order chi connectivity index (χ1) is 12.0. The third-order valence-electron chi connectivity index (χ3n) is 4.12. The number of aromatic nitrogens is 2. The molecule has 2 heterocycles. The molecule has 0 fully saturated rings. The Morgan fingerprint density at radius 1 is 1.12 bits per heavy atom. The predicted octanol–water partition coefficient (Wildman–Crippen LogP) is 3.55. The van der Waals surface area contributed by atoms with Gasteiger partial charge in [0.25, 0.3) is 5.56 Å². The molecule has 0 spiro atoms. The first-order valence-electron chi connectivity index (χ1n) is 8.51. The number of benzene rings is 1. The van der Waals surface area contributed by atoms with Crippen LogP contribution in [0, 0.1) is 12.7 Å². The van der Waals surface area contributed by atoms with Crippen LogP contribution in [0.2, 0.25) is 0 Å². The summed E-state index contributed by atoms with van der Waals surface area (Å²) in [7, 11) is 0. The highest BCUT2D eigenvalue weighted by atomic mass is 19.1. The second-order valence-electron chi connectivity index (χ2n) is 6.36. The van der Waals surface area contributed by atoms with E-state index in [1.807, 2.05) is 19.1 Å². The minimum Gasteiger partial charge on any atom is -0.293 e. The lowest BCUT2D eigenvalue weighted by Gasteiger charge is -2.21. The van der Waals surface area contributed by atoms with Crippen LogP contribution in [0.4, 0.5) is 4.39 Å². The van der Waals surface area contributed by atoms with E-state index in [1.54, 1.807) is 28.8 Å². The zero-order valence-corrected chi connectivity index (χ0v) is 14.6. The van der Waals surface area contributed by atoms with Gasteiger partial charge in [-0.2, -0.15) is 0 Å². The van der Waals surface area contributed by atoms with Crippen molar-refractivity contribution in [3.05, 3.63) is 81.7 Å². The van der Waals surface area contributed by atoms with Gasteiger partial charge in [-0.25, -0.2) is 9.37 Å². The average Bonchev–Trinajstić information content (AvgIpc) is 2.56. The summed E-state index contributed by atoms with van der Waals surface area (Å²) in [5, 5.41) is 0. The summed E-state index contributed by atoms with van der Waals surface area (Å²) in [6.07, 6.45) is 2.75. The van der Waals surface area contributed by atoms with Crippen molar-refractivity contribution in [1.29, 1.82) is 0 Å². The van der Waals surface area contributed by atoms with Crippen LogP contribution in [0.15, 0.2) is 53.5 Å². The molecule has 0 aliphatic heterocycles. The lowest BCUT2D eigenvalue weighted by atomic mass is 10.2. The van der Waals surface area contributed by atoms with E-state index in [4.69, 9.17) is 0 Å². The first kappa shape index (κ1) is 17.3. The number of pyridine rings is 1. The summed E-state index contributed by atoms with van der Waals surface area (Å²) in [4.78, 5) is 19.2. The molecule has 0 saturated heterocycles. The third-order valence-corrected chi connectivity index (χ3v) is 4.12. The van der Waals surface area contributed by atoms with E-state index in [9.17, 15) is 9.18 Å². The van der Waals surface area contributed by atoms with Crippen molar-refractivity contribution in [2.45, 2.75) is 33.4 Å². The first-order valence-corrected chi connectivity index (χ1v) is 8.51. The zero-order valence-electron chi connectivity index (χ0n) is 14.6. The Morgan fingerprint density at radius 3 is 2.60 bits per heavy atom. The summed E-state index contributed by atoms with van der Waals surface area (Å²) in [5.74, 6) is -0.231. The van der Waals surface area contributed by atoms with Crippen LogP contribution in [0.3, 0.4) is 0 Å². The molecule has 0 atom stereocenters. The molecule has 5 heteroatoms. The van der Waals surface area contributed by atoms with Crippen molar-refractivity contribution >= 4 is 5.65 Å². The summed E-state index contributed by atoms with van der Waals surface area (Å²) < 4.78 is 14.6. The van der Waals surface area contributed by atoms with Crippen LogP contribution in [-0.2, 0) is 13.1 Å². The number of hydrogen-bond acceptors (Lipinski definition) is 3. The van der Waals surface area contributed by atoms with E-state index < -0.39 is 0 Å². The van der Waals surface area contributed by atoms with Crippen molar-refractivity contribution in [3.63, 3.8) is 0 Å². The Balaban J connectivity index is 1.85. The smallest absolute Gasteiger partial charge is 0.258 e. The quantitative estimate of drug-likeness (QED) is 0.689. The molecule has 3 aromatic rings. The third kappa shape index (κ3) is 4.31. The van der Waals surface area contributed by atoms with Gasteiger partial charge in [0, 0.05) is 25.4 Å². The molecule has 0 amide bonds. The van der Waals surface area contributed by atoms with E-state index in [2.05, 4.69) is 16.8 Å². The lowest BCUT2D eigenvalue weighted by molar-refractivity contribution is 0.254. The van der Waals surface area contributed by atoms with Crippen LogP contribution < -0.4 is 5.56 Å². The topological polar surface area (TPSA) is 37.6 Å². The molecule has 0 aliphatic carbocycles. The normalized spacial score (nSPS) is 11.4. The monoisotopic (exact) mass is 339 g/mol. The van der Waals surface area contributed by atoms with Gasteiger partial charge in [0.15, 0.2) is 0 Å². The lowest BCUT2D eigenvalue weighted by Crippen LogP contribution is -2.26. The number of nitrogens with zero attached hydrogens (tertiary/aromatic N) is 3. The van der Waals surface area contributed by atoms with Crippen molar-refractivity contribution < 1.29 is 4.39 Å². The summed E-state index contributed by atoms with van der Waals surface area (Å²) in [6, 6.07) is 11.9. The molecular formula is C20H22FN3O. The fraction of sp³-hybridized carbons (Fsp3) is 0.300. The van der Waals surface area contributed by atoms with Crippen LogP contribution in [0.25, 0.3) is 5.65 Å². The largest absolute Gasteiger partial charge is 0.293 e. The molecule has 0 saturated carbocycles. The van der Waals surface area contributed by atoms with Gasteiger partial charge in [-0.3, -0.25) is 14.1 Å². The number of hydrogen-bond donors (Lipinski definition) is 0. The van der Waals surface area contributed by atoms with E-state index >= 15 is 0 Å². The fourth-order valence-corrected chi connectivity index (χ4v) is 2.94. The Hall–Kier alpha value is -2.53. The number of halogens is 1. The number of rotatable bonds is 6. The maximum absolute atomic E-state index is 13.1. The Morgan fingerprint density at radius 2 is 1.88 bits per heavy atom. The van der Waals surface area contributed by atoms with Crippen LogP contribution >= 0.6 is 0 Å². The van der Waals surface area contributed by atoms with Crippen molar-refractivity contribution in [2.24, 2.45) is 0 Å². The molecule has 0 unspecified atom stereocenters. The van der Waals surface area contributed by atoms with E-state index in [-0.39, 0.29) is 11.4 Å². The predicted molar refractivity (Wildman–Crippen MR) is 97.0 cm³/mol. The van der Waals surface area contributed by atoms with Crippen LogP contribution in [0.5, 0.6) is 0 Å². The van der Waals surface area contributed by atoms with Crippen LogP contribution in [-0.4, -0.2) is 20.8 Å². The molecule has 2 aromatic heterocycles. The second-order valence-corrected chi connectivity index (χ2v) is 6.36. The minimum absolute atomic E-state index is 0.0711. The highest BCUT2D eigenvalue weighted by Crippen LogP contribution is 2.11. The second kappa shape index (κ2) is 7.57. The molecule has 25 heavy (non-hydrogen) atoms. The Bertz CT molecular complexity index is 918. The van der Waals surface area contributed by atoms with Gasteiger partial charge < -0.3 is 0 Å². The summed E-state index contributed by atoms with van der Waals surface area (Å²) in [6.45, 7) is 6.26. The maximum atomic E-state index is 13.1. The Kier molecular flexibility index (Phi) is 5.24. The fourth-order valence-electron chi connectivity index (χ4n) is 2.94. The zero-order chi connectivity index (χ0) is 17.8. The van der Waals surface area contributed by atoms with Crippen LogP contribution in [0.1, 0.15) is 30.2 Å². The van der Waals surface area contributed by atoms with Gasteiger partial charge in [0.1, 0.15) is 11.5 Å². The standard InChI is InChI=1S/C20H22FN3O/c1-3-9-23(13-16-4-6-17(21)7-5-16)14-18-12-20(25)24-10-8-15(2)11-19(24)22-18/h4-8,10-12H,3,9,13-14H2,1-2H3. The van der Waals surface area contributed by atoms with Gasteiger partial charge in [0.2, 0.25) is 0 Å². The highest BCUT2D eigenvalue weighted by molar-refractivity contribution is 5.41. The van der Waals surface area contributed by atoms with Gasteiger partial charge in [-0.05, 0) is 55.3 Å². The van der Waals surface area contributed by atoms with Gasteiger partial charge in [-0.1, -0.05) is 19.1 Å². The summed E-state index contributed by atoms with van der Waals surface area (Å²) in [5.41, 5.74) is 3.47. The molecule has 0 N–H and O–H groups in total. The van der Waals surface area contributed by atoms with E-state index in [1.165, 1.54) is 12.1 Å². The van der Waals surface area contributed by atoms with Gasteiger partial charge >= 0.3 is 0 Å². The van der Waals surface area contributed by atoms with Crippen molar-refractivity contribution in [2.75, 3.05) is 6.54 Å². The highest BCUT2D eigenvalue weighted by Gasteiger charge is 2.10.